The van der Waals surface area contributed by atoms with E-state index in [1.807, 2.05) is 12.4 Å². The minimum Gasteiger partial charge on any atom is -0.573 e. The van der Waals surface area contributed by atoms with E-state index in [1.165, 1.54) is 51.5 Å². The molecule has 6 aromatic rings. The molecule has 4 heterocycles. The maximum absolute atomic E-state index is 4.68. The number of hydrogen-bond donors (Lipinski definition) is 0. The van der Waals surface area contributed by atoms with Gasteiger partial charge in [0, 0.05) is 45.4 Å². The summed E-state index contributed by atoms with van der Waals surface area (Å²) in [5.41, 5.74) is 9.62. The quantitative estimate of drug-likeness (QED) is 0.177. The Labute approximate surface area is 298 Å². The van der Waals surface area contributed by atoms with Crippen LogP contribution in [0.5, 0.6) is 0 Å². The van der Waals surface area contributed by atoms with Crippen LogP contribution in [0, 0.1) is 10.8 Å². The summed E-state index contributed by atoms with van der Waals surface area (Å²) in [4.78, 5) is 9.36. The molecule has 0 radical (unpaired) electrons. The molecule has 248 valence electrons. The first-order valence-corrected chi connectivity index (χ1v) is 17.2. The molecule has 1 fully saturated rings. The summed E-state index contributed by atoms with van der Waals surface area (Å²) in [6.45, 7) is 18.8. The van der Waals surface area contributed by atoms with Gasteiger partial charge in [-0.1, -0.05) is 115 Å². The van der Waals surface area contributed by atoms with Gasteiger partial charge in [0.05, 0.1) is 11.4 Å². The van der Waals surface area contributed by atoms with E-state index in [1.54, 1.807) is 0 Å². The van der Waals surface area contributed by atoms with Crippen LogP contribution in [0.25, 0.3) is 44.3 Å². The average Bonchev–Trinajstić information content (AvgIpc) is 3.84. The second-order valence-electron chi connectivity index (χ2n) is 15.7. The molecule has 4 unspecified atom stereocenters. The van der Waals surface area contributed by atoms with E-state index in [4.69, 9.17) is 0 Å². The Morgan fingerprint density at radius 2 is 1.21 bits per heavy atom. The standard InChI is InChI=1S/C21H24N3.C20H20N3.Pt/c1-6-21(5)19-16(13(2)20(21,3)4)18(23-24-19)17-15-10-8-7-9-14(15)11-12-22-17;1-19(2)14-8-10-20(19,3)18-15(14)17(22-23-18)16-13-7-5-4-6-12(13)9-11-21-16;/h7-13H,6H2,1-5H3;4-7,9,11,14H,8,10H2,1-3H3;/q2*-1;+2. The normalized spacial score (nSPS) is 25.8. The molecule has 0 N–H and O–H groups in total. The van der Waals surface area contributed by atoms with Crippen molar-refractivity contribution in [3.05, 3.63) is 95.6 Å². The summed E-state index contributed by atoms with van der Waals surface area (Å²) in [6.07, 6.45) is 7.29. The molecule has 0 amide bonds. The van der Waals surface area contributed by atoms with Crippen molar-refractivity contribution in [2.45, 2.75) is 97.3 Å². The molecule has 7 heteroatoms. The van der Waals surface area contributed by atoms with Gasteiger partial charge < -0.3 is 20.4 Å². The first kappa shape index (κ1) is 32.9. The van der Waals surface area contributed by atoms with E-state index in [0.717, 1.165) is 34.6 Å². The summed E-state index contributed by atoms with van der Waals surface area (Å²) in [6, 6.07) is 20.9. The van der Waals surface area contributed by atoms with Crippen LogP contribution in [0.1, 0.15) is 109 Å². The zero-order valence-corrected chi connectivity index (χ0v) is 31.5. The molecule has 0 spiro atoms. The van der Waals surface area contributed by atoms with E-state index >= 15 is 0 Å². The predicted molar refractivity (Wildman–Crippen MR) is 190 cm³/mol. The van der Waals surface area contributed by atoms with Crippen LogP contribution >= 0.6 is 0 Å². The van der Waals surface area contributed by atoms with Gasteiger partial charge in [-0.3, -0.25) is 9.97 Å². The number of fused-ring (bicyclic) bond motifs is 8. The van der Waals surface area contributed by atoms with Crippen molar-refractivity contribution >= 4 is 21.5 Å². The molecule has 48 heavy (non-hydrogen) atoms. The van der Waals surface area contributed by atoms with Gasteiger partial charge in [0.2, 0.25) is 0 Å². The fourth-order valence-electron chi connectivity index (χ4n) is 9.36. The molecule has 4 atom stereocenters. The summed E-state index contributed by atoms with van der Waals surface area (Å²) in [7, 11) is 0. The topological polar surface area (TPSA) is 79.8 Å². The maximum Gasteiger partial charge on any atom is 2.00 e. The van der Waals surface area contributed by atoms with E-state index in [-0.39, 0.29) is 42.7 Å². The van der Waals surface area contributed by atoms with Crippen LogP contribution < -0.4 is 10.2 Å². The minimum atomic E-state index is 0. The van der Waals surface area contributed by atoms with Crippen molar-refractivity contribution in [2.75, 3.05) is 0 Å². The van der Waals surface area contributed by atoms with Crippen molar-refractivity contribution in [3.8, 4) is 22.8 Å². The van der Waals surface area contributed by atoms with Crippen LogP contribution in [-0.2, 0) is 31.9 Å². The first-order chi connectivity index (χ1) is 22.5. The Kier molecular flexibility index (Phi) is 7.68. The average molecular weight is 816 g/mol. The van der Waals surface area contributed by atoms with Crippen LogP contribution in [0.2, 0.25) is 0 Å². The summed E-state index contributed by atoms with van der Waals surface area (Å²) in [5, 5.41) is 23.2. The Morgan fingerprint density at radius 3 is 1.77 bits per heavy atom. The van der Waals surface area contributed by atoms with Gasteiger partial charge in [-0.05, 0) is 76.0 Å². The zero-order chi connectivity index (χ0) is 32.9. The van der Waals surface area contributed by atoms with E-state index in [2.05, 4.69) is 146 Å². The second kappa shape index (κ2) is 11.2. The second-order valence-corrected chi connectivity index (χ2v) is 15.7. The zero-order valence-electron chi connectivity index (χ0n) is 29.2. The van der Waals surface area contributed by atoms with Gasteiger partial charge in [-0.15, -0.1) is 0 Å². The summed E-state index contributed by atoms with van der Waals surface area (Å²) >= 11 is 0. The number of rotatable bonds is 3. The third-order valence-corrected chi connectivity index (χ3v) is 13.6. The van der Waals surface area contributed by atoms with Gasteiger partial charge >= 0.3 is 21.1 Å². The Morgan fingerprint density at radius 1 is 0.688 bits per heavy atom. The third-order valence-electron chi connectivity index (χ3n) is 13.6. The molecule has 6 nitrogen and oxygen atoms in total. The van der Waals surface area contributed by atoms with Crippen LogP contribution in [0.4, 0.5) is 0 Å². The molecule has 4 aromatic heterocycles. The number of aromatic nitrogens is 6. The molecule has 0 aliphatic heterocycles. The molecule has 3 aliphatic rings. The monoisotopic (exact) mass is 815 g/mol. The van der Waals surface area contributed by atoms with E-state index in [0.29, 0.717) is 11.8 Å². The SMILES string of the molecule is CC12CCC(c3c1n[n-]c3-c1nccc3ccccc13)C2(C)C.CCC1(C)c2n[n-]c(-c3nccc4ccccc34)c2C(C)C1(C)C.[Pt+2]. The van der Waals surface area contributed by atoms with E-state index in [9.17, 15) is 0 Å². The van der Waals surface area contributed by atoms with Crippen LogP contribution in [0.15, 0.2) is 73.1 Å². The van der Waals surface area contributed by atoms with Crippen molar-refractivity contribution in [3.63, 3.8) is 0 Å². The van der Waals surface area contributed by atoms with Gasteiger partial charge in [0.25, 0.3) is 0 Å². The summed E-state index contributed by atoms with van der Waals surface area (Å²) in [5.74, 6) is 0.955. The van der Waals surface area contributed by atoms with Crippen molar-refractivity contribution in [2.24, 2.45) is 10.8 Å². The number of nitrogens with zero attached hydrogens (tertiary/aromatic N) is 6. The molecule has 3 aliphatic carbocycles. The fraction of sp³-hybridized carbons (Fsp3) is 0.415. The first-order valence-electron chi connectivity index (χ1n) is 17.2. The summed E-state index contributed by atoms with van der Waals surface area (Å²) < 4.78 is 0. The minimum absolute atomic E-state index is 0. The Hall–Kier alpha value is -3.63. The smallest absolute Gasteiger partial charge is 0.573 e. The molecular formula is C41H44N6Pt. The Bertz CT molecular complexity index is 2160. The predicted octanol–water partition coefficient (Wildman–Crippen LogP) is 9.49. The van der Waals surface area contributed by atoms with Gasteiger partial charge in [-0.25, -0.2) is 0 Å². The van der Waals surface area contributed by atoms with Crippen molar-refractivity contribution in [1.29, 1.82) is 0 Å². The van der Waals surface area contributed by atoms with Gasteiger partial charge in [0.15, 0.2) is 0 Å². The van der Waals surface area contributed by atoms with Crippen LogP contribution in [-0.4, -0.2) is 20.2 Å². The van der Waals surface area contributed by atoms with Crippen molar-refractivity contribution in [1.82, 2.24) is 30.4 Å². The van der Waals surface area contributed by atoms with Gasteiger partial charge in [-0.2, -0.15) is 0 Å². The number of pyridine rings is 2. The van der Waals surface area contributed by atoms with E-state index < -0.39 is 0 Å². The van der Waals surface area contributed by atoms with Crippen molar-refractivity contribution < 1.29 is 21.1 Å². The molecule has 0 saturated heterocycles. The number of benzene rings is 2. The molecule has 2 aromatic carbocycles. The molecule has 2 bridgehead atoms. The Balaban J connectivity index is 0.000000149. The third kappa shape index (κ3) is 4.20. The molecule has 1 saturated carbocycles. The fourth-order valence-corrected chi connectivity index (χ4v) is 9.36. The molecule has 9 rings (SSSR count). The molecular weight excluding hydrogens is 772 g/mol. The number of hydrogen-bond acceptors (Lipinski definition) is 4. The van der Waals surface area contributed by atoms with Gasteiger partial charge in [0.1, 0.15) is 0 Å². The maximum atomic E-state index is 4.68. The van der Waals surface area contributed by atoms with Crippen LogP contribution in [0.3, 0.4) is 0 Å². The largest absolute Gasteiger partial charge is 2.00 e.